The van der Waals surface area contributed by atoms with Gasteiger partial charge in [0.2, 0.25) is 0 Å². The second kappa shape index (κ2) is 7.33. The lowest BCUT2D eigenvalue weighted by Gasteiger charge is -2.14. The maximum Gasteiger partial charge on any atom is 0.414 e. The zero-order chi connectivity index (χ0) is 16.9. The number of hydrogen-bond acceptors (Lipinski definition) is 4. The van der Waals surface area contributed by atoms with Gasteiger partial charge in [0.15, 0.2) is 0 Å². The molecule has 1 aromatic carbocycles. The van der Waals surface area contributed by atoms with Crippen molar-refractivity contribution in [2.45, 2.75) is 38.6 Å². The zero-order valence-corrected chi connectivity index (χ0v) is 13.7. The third-order valence-corrected chi connectivity index (χ3v) is 4.35. The van der Waals surface area contributed by atoms with Gasteiger partial charge in [0.25, 0.3) is 0 Å². The van der Waals surface area contributed by atoms with Crippen LogP contribution in [0.4, 0.5) is 15.3 Å². The molecule has 2 fully saturated rings. The summed E-state index contributed by atoms with van der Waals surface area (Å²) < 4.78 is 4.95. The van der Waals surface area contributed by atoms with Crippen LogP contribution < -0.4 is 15.6 Å². The summed E-state index contributed by atoms with van der Waals surface area (Å²) in [4.78, 5) is 25.1. The monoisotopic (exact) mass is 330 g/mol. The zero-order valence-electron chi connectivity index (χ0n) is 13.7. The summed E-state index contributed by atoms with van der Waals surface area (Å²) in [7, 11) is 0. The lowest BCUT2D eigenvalue weighted by Crippen LogP contribution is -2.39. The molecule has 3 rings (SSSR count). The van der Waals surface area contributed by atoms with E-state index in [1.54, 1.807) is 4.90 Å². The van der Waals surface area contributed by atoms with E-state index >= 15 is 0 Å². The lowest BCUT2D eigenvalue weighted by atomic mass is 10.1. The van der Waals surface area contributed by atoms with Gasteiger partial charge in [-0.25, -0.2) is 15.0 Å². The number of carbonyl (C=O) groups excluding carboxylic acids is 2. The normalized spacial score (nSPS) is 18.6. The molecule has 1 aliphatic carbocycles. The third-order valence-electron chi connectivity index (χ3n) is 4.35. The fraction of sp³-hybridized carbons (Fsp3) is 0.471. The molecule has 7 heteroatoms. The first-order valence-electron chi connectivity index (χ1n) is 8.29. The van der Waals surface area contributed by atoms with Gasteiger partial charge in [0.05, 0.1) is 12.3 Å². The van der Waals surface area contributed by atoms with E-state index in [2.05, 4.69) is 15.8 Å². The van der Waals surface area contributed by atoms with Crippen molar-refractivity contribution in [3.05, 3.63) is 29.8 Å². The molecule has 24 heavy (non-hydrogen) atoms. The van der Waals surface area contributed by atoms with Crippen LogP contribution in [0, 0.1) is 0 Å². The summed E-state index contributed by atoms with van der Waals surface area (Å²) in [6.07, 6.45) is 4.06. The molecule has 2 aliphatic rings. The van der Waals surface area contributed by atoms with Gasteiger partial charge in [-0.15, -0.1) is 0 Å². The lowest BCUT2D eigenvalue weighted by molar-refractivity contribution is 0.181. The molecular weight excluding hydrogens is 308 g/mol. The first-order chi connectivity index (χ1) is 11.6. The number of benzene rings is 1. The molecular formula is C17H22N4O3. The van der Waals surface area contributed by atoms with Crippen LogP contribution in [0.2, 0.25) is 0 Å². The maximum absolute atomic E-state index is 11.9. The second-order valence-corrected chi connectivity index (χ2v) is 6.08. The highest BCUT2D eigenvalue weighted by Gasteiger charge is 2.23. The van der Waals surface area contributed by atoms with Gasteiger partial charge >= 0.3 is 12.1 Å². The van der Waals surface area contributed by atoms with Crippen molar-refractivity contribution in [3.8, 4) is 0 Å². The second-order valence-electron chi connectivity index (χ2n) is 6.08. The number of rotatable bonds is 4. The Kier molecular flexibility index (Phi) is 4.98. The summed E-state index contributed by atoms with van der Waals surface area (Å²) in [5.74, 6) is 0. The molecule has 0 bridgehead atoms. The number of nitrogens with one attached hydrogen (secondary N) is 2. The van der Waals surface area contributed by atoms with Crippen LogP contribution in [0.3, 0.4) is 0 Å². The minimum absolute atomic E-state index is 0.255. The van der Waals surface area contributed by atoms with Crippen LogP contribution in [0.25, 0.3) is 0 Å². The molecule has 2 N–H and O–H groups in total. The van der Waals surface area contributed by atoms with Crippen molar-refractivity contribution in [2.75, 3.05) is 18.1 Å². The van der Waals surface area contributed by atoms with E-state index in [9.17, 15) is 9.59 Å². The molecule has 0 spiro atoms. The van der Waals surface area contributed by atoms with Crippen LogP contribution in [-0.4, -0.2) is 37.0 Å². The van der Waals surface area contributed by atoms with Crippen LogP contribution in [-0.2, 0) is 4.74 Å². The number of hydrogen-bond donors (Lipinski definition) is 2. The molecule has 1 aliphatic heterocycles. The number of ether oxygens (including phenoxy) is 1. The van der Waals surface area contributed by atoms with Gasteiger partial charge in [-0.2, -0.15) is 5.10 Å². The fourth-order valence-corrected chi connectivity index (χ4v) is 3.01. The first kappa shape index (κ1) is 16.3. The van der Waals surface area contributed by atoms with Crippen LogP contribution in [0.1, 0.15) is 38.2 Å². The Hall–Kier alpha value is -2.57. The largest absolute Gasteiger partial charge is 0.447 e. The molecule has 1 saturated heterocycles. The predicted molar refractivity (Wildman–Crippen MR) is 91.3 cm³/mol. The van der Waals surface area contributed by atoms with Gasteiger partial charge in [0.1, 0.15) is 6.61 Å². The predicted octanol–water partition coefficient (Wildman–Crippen LogP) is 2.61. The van der Waals surface area contributed by atoms with E-state index in [0.29, 0.717) is 18.9 Å². The van der Waals surface area contributed by atoms with E-state index in [-0.39, 0.29) is 18.2 Å². The number of cyclic esters (lactones) is 1. The molecule has 0 aromatic heterocycles. The Balaban J connectivity index is 1.62. The van der Waals surface area contributed by atoms with Crippen LogP contribution in [0.5, 0.6) is 0 Å². The summed E-state index contributed by atoms with van der Waals surface area (Å²) >= 11 is 0. The summed E-state index contributed by atoms with van der Waals surface area (Å²) in [5.41, 5.74) is 4.82. The quantitative estimate of drug-likeness (QED) is 0.657. The Morgan fingerprint density at radius 3 is 2.83 bits per heavy atom. The Morgan fingerprint density at radius 2 is 2.12 bits per heavy atom. The topological polar surface area (TPSA) is 83.0 Å². The summed E-state index contributed by atoms with van der Waals surface area (Å²) in [5, 5.41) is 7.06. The summed E-state index contributed by atoms with van der Waals surface area (Å²) in [6, 6.07) is 7.44. The molecule has 0 radical (unpaired) electrons. The molecule has 1 aromatic rings. The number of amides is 3. The van der Waals surface area contributed by atoms with Gasteiger partial charge in [-0.05, 0) is 37.5 Å². The minimum Gasteiger partial charge on any atom is -0.447 e. The summed E-state index contributed by atoms with van der Waals surface area (Å²) in [6.45, 7) is 2.76. The third kappa shape index (κ3) is 3.84. The van der Waals surface area contributed by atoms with Crippen molar-refractivity contribution in [1.82, 2.24) is 10.7 Å². The SMILES string of the molecule is CC(=NNC(=O)NC1CCCC1)c1cccc(N2CCOC2=O)c1. The molecule has 0 atom stereocenters. The van der Waals surface area contributed by atoms with Crippen molar-refractivity contribution >= 4 is 23.5 Å². The minimum atomic E-state index is -0.337. The average Bonchev–Trinajstić information content (AvgIpc) is 3.24. The molecule has 128 valence electrons. The van der Waals surface area contributed by atoms with Crippen molar-refractivity contribution in [3.63, 3.8) is 0 Å². The fourth-order valence-electron chi connectivity index (χ4n) is 3.01. The van der Waals surface area contributed by atoms with Crippen molar-refractivity contribution in [1.29, 1.82) is 0 Å². The van der Waals surface area contributed by atoms with E-state index in [0.717, 1.165) is 24.1 Å². The molecule has 1 heterocycles. The maximum atomic E-state index is 11.9. The Labute approximate surface area is 141 Å². The van der Waals surface area contributed by atoms with Crippen LogP contribution in [0.15, 0.2) is 29.4 Å². The van der Waals surface area contributed by atoms with E-state index in [1.807, 2.05) is 31.2 Å². The van der Waals surface area contributed by atoms with Gasteiger partial charge in [-0.1, -0.05) is 25.0 Å². The number of nitrogens with zero attached hydrogens (tertiary/aromatic N) is 2. The van der Waals surface area contributed by atoms with Crippen molar-refractivity contribution < 1.29 is 14.3 Å². The molecule has 1 saturated carbocycles. The Morgan fingerprint density at radius 1 is 1.33 bits per heavy atom. The number of anilines is 1. The van der Waals surface area contributed by atoms with Crippen LogP contribution >= 0.6 is 0 Å². The number of urea groups is 1. The molecule has 7 nitrogen and oxygen atoms in total. The van der Waals surface area contributed by atoms with E-state index in [1.165, 1.54) is 12.8 Å². The highest BCUT2D eigenvalue weighted by molar-refractivity contribution is 6.01. The van der Waals surface area contributed by atoms with Gasteiger partial charge in [-0.3, -0.25) is 4.90 Å². The van der Waals surface area contributed by atoms with Gasteiger partial charge < -0.3 is 10.1 Å². The Bertz CT molecular complexity index is 653. The smallest absolute Gasteiger partial charge is 0.414 e. The average molecular weight is 330 g/mol. The van der Waals surface area contributed by atoms with E-state index < -0.39 is 0 Å². The first-order valence-corrected chi connectivity index (χ1v) is 8.29. The van der Waals surface area contributed by atoms with Crippen molar-refractivity contribution in [2.24, 2.45) is 5.10 Å². The number of hydrazone groups is 1. The highest BCUT2D eigenvalue weighted by Crippen LogP contribution is 2.20. The van der Waals surface area contributed by atoms with E-state index in [4.69, 9.17) is 4.74 Å². The van der Waals surface area contributed by atoms with Gasteiger partial charge in [0, 0.05) is 11.7 Å². The highest BCUT2D eigenvalue weighted by atomic mass is 16.6. The number of carbonyl (C=O) groups is 2. The molecule has 3 amide bonds. The molecule has 0 unspecified atom stereocenters. The standard InChI is InChI=1S/C17H22N4O3/c1-12(19-20-16(22)18-14-6-2-3-7-14)13-5-4-8-15(11-13)21-9-10-24-17(21)23/h4-5,8,11,14H,2-3,6-7,9-10H2,1H3,(H2,18,20,22).